The molecule has 1 rings (SSSR count). The highest BCUT2D eigenvalue weighted by Crippen LogP contribution is 2.07. The van der Waals surface area contributed by atoms with Gasteiger partial charge in [0.15, 0.2) is 0 Å². The maximum absolute atomic E-state index is 11.8. The van der Waals surface area contributed by atoms with Crippen LogP contribution in [0.1, 0.15) is 24.2 Å². The summed E-state index contributed by atoms with van der Waals surface area (Å²) in [6, 6.07) is 5.42. The zero-order valence-corrected chi connectivity index (χ0v) is 9.81. The largest absolute Gasteiger partial charge is 0.480 e. The van der Waals surface area contributed by atoms with Crippen LogP contribution in [0.5, 0.6) is 0 Å². The number of benzene rings is 1. The SMILES string of the molecule is CC(C)C(NC(=O)c1ccc(N)cc1)C(=O)O. The Bertz CT molecular complexity index is 412. The number of nitrogens with two attached hydrogens (primary N) is 1. The summed E-state index contributed by atoms with van der Waals surface area (Å²) >= 11 is 0. The fraction of sp³-hybridized carbons (Fsp3) is 0.333. The number of aliphatic carboxylic acids is 1. The molecular weight excluding hydrogens is 220 g/mol. The van der Waals surface area contributed by atoms with Crippen LogP contribution in [-0.4, -0.2) is 23.0 Å². The Kier molecular flexibility index (Phi) is 4.09. The maximum Gasteiger partial charge on any atom is 0.326 e. The zero-order valence-electron chi connectivity index (χ0n) is 9.81. The van der Waals surface area contributed by atoms with Crippen LogP contribution in [0, 0.1) is 5.92 Å². The van der Waals surface area contributed by atoms with Gasteiger partial charge in [0.2, 0.25) is 0 Å². The number of carboxylic acids is 1. The van der Waals surface area contributed by atoms with Gasteiger partial charge < -0.3 is 16.2 Å². The standard InChI is InChI=1S/C12H16N2O3/c1-7(2)10(12(16)17)14-11(15)8-3-5-9(13)6-4-8/h3-7,10H,13H2,1-2H3,(H,14,15)(H,16,17). The molecule has 0 heterocycles. The normalized spacial score (nSPS) is 12.2. The lowest BCUT2D eigenvalue weighted by Gasteiger charge is -2.17. The highest BCUT2D eigenvalue weighted by Gasteiger charge is 2.23. The van der Waals surface area contributed by atoms with E-state index in [2.05, 4.69) is 5.32 Å². The molecule has 0 saturated heterocycles. The molecule has 1 aromatic carbocycles. The smallest absolute Gasteiger partial charge is 0.326 e. The topological polar surface area (TPSA) is 92.4 Å². The van der Waals surface area contributed by atoms with Crippen molar-refractivity contribution in [3.63, 3.8) is 0 Å². The van der Waals surface area contributed by atoms with Gasteiger partial charge in [0.05, 0.1) is 0 Å². The van der Waals surface area contributed by atoms with Crippen molar-refractivity contribution in [2.45, 2.75) is 19.9 Å². The van der Waals surface area contributed by atoms with E-state index in [-0.39, 0.29) is 5.92 Å². The fourth-order valence-corrected chi connectivity index (χ4v) is 1.37. The first-order chi connectivity index (χ1) is 7.91. The van der Waals surface area contributed by atoms with E-state index in [4.69, 9.17) is 10.8 Å². The molecule has 5 heteroatoms. The van der Waals surface area contributed by atoms with Gasteiger partial charge in [-0.05, 0) is 30.2 Å². The molecule has 0 radical (unpaired) electrons. The van der Waals surface area contributed by atoms with Gasteiger partial charge >= 0.3 is 5.97 Å². The molecule has 1 amide bonds. The predicted octanol–water partition coefficient (Wildman–Crippen LogP) is 1.11. The Hall–Kier alpha value is -2.04. The molecule has 1 atom stereocenters. The van der Waals surface area contributed by atoms with Crippen molar-refractivity contribution >= 4 is 17.6 Å². The Morgan fingerprint density at radius 3 is 2.18 bits per heavy atom. The third kappa shape index (κ3) is 3.48. The minimum Gasteiger partial charge on any atom is -0.480 e. The second-order valence-corrected chi connectivity index (χ2v) is 4.16. The summed E-state index contributed by atoms with van der Waals surface area (Å²) in [7, 11) is 0. The molecule has 0 saturated carbocycles. The van der Waals surface area contributed by atoms with Gasteiger partial charge in [-0.25, -0.2) is 4.79 Å². The summed E-state index contributed by atoms with van der Waals surface area (Å²) < 4.78 is 0. The van der Waals surface area contributed by atoms with Gasteiger partial charge in [0, 0.05) is 11.3 Å². The van der Waals surface area contributed by atoms with E-state index in [0.29, 0.717) is 11.3 Å². The van der Waals surface area contributed by atoms with Gasteiger partial charge in [-0.1, -0.05) is 13.8 Å². The molecule has 0 bridgehead atoms. The number of amides is 1. The van der Waals surface area contributed by atoms with Crippen LogP contribution in [-0.2, 0) is 4.79 Å². The zero-order chi connectivity index (χ0) is 13.0. The molecule has 5 nitrogen and oxygen atoms in total. The van der Waals surface area contributed by atoms with Crippen molar-refractivity contribution in [1.29, 1.82) is 0 Å². The third-order valence-electron chi connectivity index (χ3n) is 2.39. The Morgan fingerprint density at radius 2 is 1.76 bits per heavy atom. The van der Waals surface area contributed by atoms with E-state index < -0.39 is 17.9 Å². The molecule has 17 heavy (non-hydrogen) atoms. The quantitative estimate of drug-likeness (QED) is 0.683. The summed E-state index contributed by atoms with van der Waals surface area (Å²) in [6.07, 6.45) is 0. The van der Waals surface area contributed by atoms with Crippen LogP contribution < -0.4 is 11.1 Å². The average molecular weight is 236 g/mol. The number of carbonyl (C=O) groups excluding carboxylic acids is 1. The third-order valence-corrected chi connectivity index (χ3v) is 2.39. The number of rotatable bonds is 4. The van der Waals surface area contributed by atoms with Crippen LogP contribution >= 0.6 is 0 Å². The van der Waals surface area contributed by atoms with E-state index in [9.17, 15) is 9.59 Å². The van der Waals surface area contributed by atoms with Crippen LogP contribution in [0.4, 0.5) is 5.69 Å². The van der Waals surface area contributed by atoms with Crippen molar-refractivity contribution in [3.8, 4) is 0 Å². The molecule has 4 N–H and O–H groups in total. The van der Waals surface area contributed by atoms with E-state index in [0.717, 1.165) is 0 Å². The summed E-state index contributed by atoms with van der Waals surface area (Å²) in [6.45, 7) is 3.48. The molecule has 0 aliphatic heterocycles. The number of nitrogen functional groups attached to an aromatic ring is 1. The van der Waals surface area contributed by atoms with Gasteiger partial charge in [0.25, 0.3) is 5.91 Å². The molecule has 0 aromatic heterocycles. The van der Waals surface area contributed by atoms with Crippen molar-refractivity contribution < 1.29 is 14.7 Å². The van der Waals surface area contributed by atoms with Gasteiger partial charge in [-0.3, -0.25) is 4.79 Å². The highest BCUT2D eigenvalue weighted by atomic mass is 16.4. The second kappa shape index (κ2) is 5.34. The molecule has 0 aliphatic carbocycles. The molecule has 1 unspecified atom stereocenters. The van der Waals surface area contributed by atoms with Crippen LogP contribution in [0.15, 0.2) is 24.3 Å². The lowest BCUT2D eigenvalue weighted by atomic mass is 10.0. The first-order valence-electron chi connectivity index (χ1n) is 5.31. The van der Waals surface area contributed by atoms with E-state index >= 15 is 0 Å². The van der Waals surface area contributed by atoms with Crippen LogP contribution in [0.2, 0.25) is 0 Å². The monoisotopic (exact) mass is 236 g/mol. The average Bonchev–Trinajstić information content (AvgIpc) is 2.25. The first kappa shape index (κ1) is 13.0. The lowest BCUT2D eigenvalue weighted by Crippen LogP contribution is -2.44. The minimum absolute atomic E-state index is 0.176. The van der Waals surface area contributed by atoms with Crippen LogP contribution in [0.3, 0.4) is 0 Å². The summed E-state index contributed by atoms with van der Waals surface area (Å²) in [5.41, 5.74) is 6.45. The fourth-order valence-electron chi connectivity index (χ4n) is 1.37. The van der Waals surface area contributed by atoms with Crippen molar-refractivity contribution in [2.75, 3.05) is 5.73 Å². The van der Waals surface area contributed by atoms with Gasteiger partial charge in [0.1, 0.15) is 6.04 Å². The maximum atomic E-state index is 11.8. The molecule has 0 spiro atoms. The number of carboxylic acid groups (broad SMARTS) is 1. The molecule has 92 valence electrons. The van der Waals surface area contributed by atoms with Crippen molar-refractivity contribution in [3.05, 3.63) is 29.8 Å². The van der Waals surface area contributed by atoms with Crippen molar-refractivity contribution in [1.82, 2.24) is 5.32 Å². The second-order valence-electron chi connectivity index (χ2n) is 4.16. The number of nitrogens with one attached hydrogen (secondary N) is 1. The minimum atomic E-state index is -1.04. The number of hydrogen-bond acceptors (Lipinski definition) is 3. The molecule has 0 fully saturated rings. The molecular formula is C12H16N2O3. The Labute approximate surface area is 99.6 Å². The molecule has 1 aromatic rings. The summed E-state index contributed by atoms with van der Waals surface area (Å²) in [5, 5.41) is 11.4. The van der Waals surface area contributed by atoms with Crippen LogP contribution in [0.25, 0.3) is 0 Å². The number of carbonyl (C=O) groups is 2. The van der Waals surface area contributed by atoms with E-state index in [1.165, 1.54) is 0 Å². The summed E-state index contributed by atoms with van der Waals surface area (Å²) in [5.74, 6) is -1.62. The van der Waals surface area contributed by atoms with E-state index in [1.54, 1.807) is 38.1 Å². The lowest BCUT2D eigenvalue weighted by molar-refractivity contribution is -0.140. The van der Waals surface area contributed by atoms with Gasteiger partial charge in [-0.2, -0.15) is 0 Å². The summed E-state index contributed by atoms with van der Waals surface area (Å²) in [4.78, 5) is 22.7. The number of hydrogen-bond donors (Lipinski definition) is 3. The first-order valence-corrected chi connectivity index (χ1v) is 5.31. The van der Waals surface area contributed by atoms with Gasteiger partial charge in [-0.15, -0.1) is 0 Å². The Morgan fingerprint density at radius 1 is 1.24 bits per heavy atom. The number of anilines is 1. The van der Waals surface area contributed by atoms with Crippen molar-refractivity contribution in [2.24, 2.45) is 5.92 Å². The van der Waals surface area contributed by atoms with E-state index in [1.807, 2.05) is 0 Å². The predicted molar refractivity (Wildman–Crippen MR) is 64.6 cm³/mol. The molecule has 0 aliphatic rings. The highest BCUT2D eigenvalue weighted by molar-refractivity contribution is 5.96. The Balaban J connectivity index is 2.77.